The second-order valence-electron chi connectivity index (χ2n) is 2.02. The number of alkyl halides is 1. The van der Waals surface area contributed by atoms with Crippen LogP contribution < -0.4 is 5.73 Å². The zero-order chi connectivity index (χ0) is 7.40. The van der Waals surface area contributed by atoms with Crippen molar-refractivity contribution in [2.45, 2.75) is 13.0 Å². The number of nitrogens with zero attached hydrogens (tertiary/aromatic N) is 2. The maximum Gasteiger partial charge on any atom is 0.200 e. The van der Waals surface area contributed by atoms with Gasteiger partial charge in [-0.1, -0.05) is 0 Å². The molecule has 0 atom stereocenters. The first kappa shape index (κ1) is 7.41. The Balaban J connectivity index is 2.49. The van der Waals surface area contributed by atoms with Crippen LogP contribution in [0, 0.1) is 0 Å². The van der Waals surface area contributed by atoms with Crippen LogP contribution in [0.3, 0.4) is 0 Å². The number of nitrogen functional groups attached to an aromatic ring is 1. The Bertz CT molecular complexity index is 197. The highest BCUT2D eigenvalue weighted by Crippen LogP contribution is 2.00. The van der Waals surface area contributed by atoms with Gasteiger partial charge in [0.15, 0.2) is 5.95 Å². The largest absolute Gasteiger partial charge is 0.369 e. The molecule has 0 saturated carbocycles. The summed E-state index contributed by atoms with van der Waals surface area (Å²) in [6.45, 7) is 0.856. The molecule has 1 aromatic rings. The maximum absolute atomic E-state index is 5.50. The Morgan fingerprint density at radius 2 is 2.50 bits per heavy atom. The van der Waals surface area contributed by atoms with Crippen molar-refractivity contribution in [2.75, 3.05) is 11.6 Å². The smallest absolute Gasteiger partial charge is 0.200 e. The van der Waals surface area contributed by atoms with E-state index in [1.807, 2.05) is 10.8 Å². The molecule has 0 spiro atoms. The maximum atomic E-state index is 5.50. The normalized spacial score (nSPS) is 10.1. The fourth-order valence-corrected chi connectivity index (χ4v) is 0.879. The van der Waals surface area contributed by atoms with Crippen molar-refractivity contribution in [3.63, 3.8) is 0 Å². The zero-order valence-corrected chi connectivity index (χ0v) is 6.38. The molecule has 0 bridgehead atoms. The minimum Gasteiger partial charge on any atom is -0.369 e. The molecule has 2 N–H and O–H groups in total. The third kappa shape index (κ3) is 1.64. The number of rotatable bonds is 3. The van der Waals surface area contributed by atoms with Gasteiger partial charge in [0, 0.05) is 24.8 Å². The third-order valence-electron chi connectivity index (χ3n) is 1.28. The molecule has 3 nitrogen and oxygen atoms in total. The summed E-state index contributed by atoms with van der Waals surface area (Å²) in [6.07, 6.45) is 4.47. The molecule has 0 aliphatic carbocycles. The van der Waals surface area contributed by atoms with Crippen LogP contribution in [0.15, 0.2) is 12.4 Å². The van der Waals surface area contributed by atoms with Crippen LogP contribution in [0.5, 0.6) is 0 Å². The quantitative estimate of drug-likeness (QED) is 0.672. The SMILES string of the molecule is Nc1nccn1CCCCl. The lowest BCUT2D eigenvalue weighted by Crippen LogP contribution is -2.02. The highest BCUT2D eigenvalue weighted by molar-refractivity contribution is 6.17. The lowest BCUT2D eigenvalue weighted by atomic mass is 10.5. The number of halogens is 1. The van der Waals surface area contributed by atoms with E-state index >= 15 is 0 Å². The van der Waals surface area contributed by atoms with Gasteiger partial charge in [0.25, 0.3) is 0 Å². The molecule has 0 saturated heterocycles. The van der Waals surface area contributed by atoms with E-state index < -0.39 is 0 Å². The van der Waals surface area contributed by atoms with Gasteiger partial charge < -0.3 is 10.3 Å². The number of hydrogen-bond acceptors (Lipinski definition) is 2. The van der Waals surface area contributed by atoms with Crippen molar-refractivity contribution in [1.82, 2.24) is 9.55 Å². The van der Waals surface area contributed by atoms with Gasteiger partial charge in [-0.2, -0.15) is 0 Å². The molecule has 0 aliphatic heterocycles. The van der Waals surface area contributed by atoms with Crippen LogP contribution in [0.1, 0.15) is 6.42 Å². The molecule has 1 aromatic heterocycles. The van der Waals surface area contributed by atoms with Gasteiger partial charge in [-0.25, -0.2) is 4.98 Å². The Kier molecular flexibility index (Phi) is 2.57. The highest BCUT2D eigenvalue weighted by Gasteiger charge is 1.94. The van der Waals surface area contributed by atoms with E-state index in [4.69, 9.17) is 17.3 Å². The van der Waals surface area contributed by atoms with Crippen molar-refractivity contribution in [1.29, 1.82) is 0 Å². The molecular weight excluding hydrogens is 150 g/mol. The molecule has 1 rings (SSSR count). The van der Waals surface area contributed by atoms with E-state index in [1.165, 1.54) is 0 Å². The number of anilines is 1. The molecule has 0 amide bonds. The molecule has 0 unspecified atom stereocenters. The van der Waals surface area contributed by atoms with Crippen molar-refractivity contribution < 1.29 is 0 Å². The standard InChI is InChI=1S/C6H10ClN3/c7-2-1-4-10-5-3-9-6(10)8/h3,5H,1-2,4H2,(H2,8,9). The van der Waals surface area contributed by atoms with E-state index in [-0.39, 0.29) is 0 Å². The van der Waals surface area contributed by atoms with Crippen LogP contribution in [-0.2, 0) is 6.54 Å². The summed E-state index contributed by atoms with van der Waals surface area (Å²) in [4.78, 5) is 3.87. The summed E-state index contributed by atoms with van der Waals surface area (Å²) in [7, 11) is 0. The van der Waals surface area contributed by atoms with Gasteiger partial charge >= 0.3 is 0 Å². The molecule has 4 heteroatoms. The monoisotopic (exact) mass is 159 g/mol. The summed E-state index contributed by atoms with van der Waals surface area (Å²) in [5, 5.41) is 0. The van der Waals surface area contributed by atoms with Gasteiger partial charge in [-0.3, -0.25) is 0 Å². The fraction of sp³-hybridized carbons (Fsp3) is 0.500. The van der Waals surface area contributed by atoms with E-state index in [0.29, 0.717) is 11.8 Å². The van der Waals surface area contributed by atoms with Crippen molar-refractivity contribution in [2.24, 2.45) is 0 Å². The predicted octanol–water partition coefficient (Wildman–Crippen LogP) is 1.09. The Labute approximate surface area is 64.8 Å². The lowest BCUT2D eigenvalue weighted by molar-refractivity contribution is 0.691. The molecule has 10 heavy (non-hydrogen) atoms. The summed E-state index contributed by atoms with van der Waals surface area (Å²) < 4.78 is 1.88. The van der Waals surface area contributed by atoms with Crippen LogP contribution in [0.25, 0.3) is 0 Å². The van der Waals surface area contributed by atoms with Crippen molar-refractivity contribution >= 4 is 17.5 Å². The van der Waals surface area contributed by atoms with E-state index in [1.54, 1.807) is 6.20 Å². The van der Waals surface area contributed by atoms with Crippen LogP contribution >= 0.6 is 11.6 Å². The average Bonchev–Trinajstić information content (AvgIpc) is 2.31. The third-order valence-corrected chi connectivity index (χ3v) is 1.55. The van der Waals surface area contributed by atoms with E-state index in [2.05, 4.69) is 4.98 Å². The summed E-state index contributed by atoms with van der Waals surface area (Å²) >= 11 is 5.50. The first-order chi connectivity index (χ1) is 4.84. The number of nitrogens with two attached hydrogens (primary N) is 1. The van der Waals surface area contributed by atoms with E-state index in [9.17, 15) is 0 Å². The van der Waals surface area contributed by atoms with Gasteiger partial charge in [-0.05, 0) is 6.42 Å². The molecule has 0 aromatic carbocycles. The van der Waals surface area contributed by atoms with E-state index in [0.717, 1.165) is 13.0 Å². The Morgan fingerprint density at radius 1 is 1.70 bits per heavy atom. The van der Waals surface area contributed by atoms with Crippen molar-refractivity contribution in [3.8, 4) is 0 Å². The molecule has 56 valence electrons. The number of imidazole rings is 1. The summed E-state index contributed by atoms with van der Waals surface area (Å²) in [5.41, 5.74) is 5.49. The molecule has 0 aliphatic rings. The minimum atomic E-state index is 0.560. The molecule has 0 fully saturated rings. The average molecular weight is 160 g/mol. The summed E-state index contributed by atoms with van der Waals surface area (Å²) in [6, 6.07) is 0. The molecule has 1 heterocycles. The second kappa shape index (κ2) is 3.46. The van der Waals surface area contributed by atoms with Gasteiger partial charge in [-0.15, -0.1) is 11.6 Å². The topological polar surface area (TPSA) is 43.8 Å². The van der Waals surface area contributed by atoms with Gasteiger partial charge in [0.1, 0.15) is 0 Å². The second-order valence-corrected chi connectivity index (χ2v) is 2.40. The molecular formula is C6H10ClN3. The predicted molar refractivity (Wildman–Crippen MR) is 42.0 cm³/mol. The fourth-order valence-electron chi connectivity index (χ4n) is 0.760. The van der Waals surface area contributed by atoms with Crippen molar-refractivity contribution in [3.05, 3.63) is 12.4 Å². The Hall–Kier alpha value is -0.700. The van der Waals surface area contributed by atoms with Gasteiger partial charge in [0.05, 0.1) is 0 Å². The first-order valence-corrected chi connectivity index (χ1v) is 3.70. The molecule has 0 radical (unpaired) electrons. The van der Waals surface area contributed by atoms with Crippen LogP contribution in [0.2, 0.25) is 0 Å². The minimum absolute atomic E-state index is 0.560. The zero-order valence-electron chi connectivity index (χ0n) is 5.63. The van der Waals surface area contributed by atoms with Crippen LogP contribution in [-0.4, -0.2) is 15.4 Å². The van der Waals surface area contributed by atoms with Crippen LogP contribution in [0.4, 0.5) is 5.95 Å². The van der Waals surface area contributed by atoms with Gasteiger partial charge in [0.2, 0.25) is 0 Å². The lowest BCUT2D eigenvalue weighted by Gasteiger charge is -2.00. The first-order valence-electron chi connectivity index (χ1n) is 3.17. The highest BCUT2D eigenvalue weighted by atomic mass is 35.5. The number of aromatic nitrogens is 2. The Morgan fingerprint density at radius 3 is 3.00 bits per heavy atom. The number of hydrogen-bond donors (Lipinski definition) is 1. The summed E-state index contributed by atoms with van der Waals surface area (Å²) in [5.74, 6) is 1.22. The number of aryl methyl sites for hydroxylation is 1.